The van der Waals surface area contributed by atoms with Crippen LogP contribution in [0, 0.1) is 0 Å². The molecule has 1 aliphatic rings. The topological polar surface area (TPSA) is 95.9 Å². The minimum absolute atomic E-state index is 0.00433. The van der Waals surface area contributed by atoms with Crippen molar-refractivity contribution in [3.63, 3.8) is 0 Å². The number of fused-ring (bicyclic) bond motifs is 1. The number of benzene rings is 2. The molecule has 2 N–H and O–H groups in total. The van der Waals surface area contributed by atoms with E-state index in [1.54, 1.807) is 6.92 Å². The van der Waals surface area contributed by atoms with Gasteiger partial charge in [-0.25, -0.2) is 4.79 Å². The summed E-state index contributed by atoms with van der Waals surface area (Å²) in [6.45, 7) is 3.35. The maximum atomic E-state index is 13.4. The molecule has 0 spiro atoms. The predicted octanol–water partition coefficient (Wildman–Crippen LogP) is 2.57. The van der Waals surface area contributed by atoms with Gasteiger partial charge < -0.3 is 14.7 Å². The number of esters is 1. The fourth-order valence-corrected chi connectivity index (χ4v) is 3.80. The molecule has 2 aromatic carbocycles. The molecule has 3 rings (SSSR count). The van der Waals surface area contributed by atoms with E-state index in [0.717, 1.165) is 11.1 Å². The predicted molar refractivity (Wildman–Crippen MR) is 120 cm³/mol. The first-order chi connectivity index (χ1) is 17.5. The summed E-state index contributed by atoms with van der Waals surface area (Å²) in [5.74, 6) is -2.29. The van der Waals surface area contributed by atoms with Crippen LogP contribution in [0.15, 0.2) is 54.5 Å². The first-order valence-corrected chi connectivity index (χ1v) is 10.6. The largest absolute Gasteiger partial charge is 0.480 e. The van der Waals surface area contributed by atoms with Gasteiger partial charge in [0.1, 0.15) is 12.1 Å². The van der Waals surface area contributed by atoms with E-state index in [4.69, 9.17) is 11.6 Å². The van der Waals surface area contributed by atoms with E-state index in [0.29, 0.717) is 0 Å². The molecule has 0 saturated carbocycles. The number of carbonyl (C=O) groups is 3. The molecule has 7 nitrogen and oxygen atoms in total. The standard InChI is InChI=1S/C25H30N2O5/c1-3-32-25(31)21(14-13-18-9-5-4-6-10-18)26-17(2)23(28)27-16-20-12-8-7-11-19(20)15-22(27)24(29)30/h4-12,17,21-22,26H,3,13-16H2,1-2H3,(H,29,30)/t17-,21-,22+/m0/s1/i4D,5D,6D,9D,10D. The zero-order valence-corrected chi connectivity index (χ0v) is 18.1. The van der Waals surface area contributed by atoms with Crippen LogP contribution in [0.3, 0.4) is 0 Å². The Kier molecular flexibility index (Phi) is 5.92. The molecule has 1 heterocycles. The summed E-state index contributed by atoms with van der Waals surface area (Å²) in [6, 6.07) is 2.13. The molecule has 1 aliphatic heterocycles. The molecule has 7 heteroatoms. The molecular weight excluding hydrogens is 408 g/mol. The van der Waals surface area contributed by atoms with Gasteiger partial charge in [-0.2, -0.15) is 0 Å². The van der Waals surface area contributed by atoms with E-state index < -0.39 is 54.1 Å². The highest BCUT2D eigenvalue weighted by atomic mass is 16.5. The first kappa shape index (κ1) is 17.4. The van der Waals surface area contributed by atoms with Crippen molar-refractivity contribution in [3.05, 3.63) is 71.2 Å². The number of aliphatic carboxylic acids is 1. The van der Waals surface area contributed by atoms with Crippen molar-refractivity contribution < 1.29 is 31.1 Å². The molecule has 0 saturated heterocycles. The average molecular weight is 444 g/mol. The van der Waals surface area contributed by atoms with Gasteiger partial charge in [-0.3, -0.25) is 14.9 Å². The lowest BCUT2D eigenvalue weighted by Gasteiger charge is -2.36. The maximum Gasteiger partial charge on any atom is 0.326 e. The second kappa shape index (κ2) is 10.9. The lowest BCUT2D eigenvalue weighted by Crippen LogP contribution is -2.56. The first-order valence-electron chi connectivity index (χ1n) is 13.1. The number of rotatable bonds is 9. The van der Waals surface area contributed by atoms with Crippen molar-refractivity contribution in [1.29, 1.82) is 0 Å². The second-order valence-corrected chi connectivity index (χ2v) is 7.63. The van der Waals surface area contributed by atoms with Crippen molar-refractivity contribution in [3.8, 4) is 0 Å². The van der Waals surface area contributed by atoms with Gasteiger partial charge >= 0.3 is 11.9 Å². The van der Waals surface area contributed by atoms with Gasteiger partial charge in [0.15, 0.2) is 0 Å². The molecule has 2 aromatic rings. The van der Waals surface area contributed by atoms with Gasteiger partial charge in [-0.05, 0) is 43.4 Å². The van der Waals surface area contributed by atoms with Crippen LogP contribution in [-0.4, -0.2) is 52.6 Å². The Morgan fingerprint density at radius 2 is 1.91 bits per heavy atom. The zero-order chi connectivity index (χ0) is 27.4. The minimum Gasteiger partial charge on any atom is -0.480 e. The van der Waals surface area contributed by atoms with Crippen LogP contribution in [0.25, 0.3) is 0 Å². The number of hydrogen-bond donors (Lipinski definition) is 2. The SMILES string of the molecule is [2H]c1c([2H])c([2H])c(CC[C@H](N[C@@H](C)C(=O)N2Cc3ccccc3C[C@@H]2C(=O)O)C(=O)OCC)c([2H])c1[2H]. The van der Waals surface area contributed by atoms with Crippen LogP contribution in [0.5, 0.6) is 0 Å². The third kappa shape index (κ3) is 5.73. The number of carboxylic acid groups (broad SMARTS) is 1. The number of amides is 1. The molecule has 0 aromatic heterocycles. The van der Waals surface area contributed by atoms with E-state index in [1.165, 1.54) is 11.8 Å². The normalized spacial score (nSPS) is 19.4. The van der Waals surface area contributed by atoms with Gasteiger partial charge in [-0.15, -0.1) is 0 Å². The van der Waals surface area contributed by atoms with Crippen molar-refractivity contribution in [2.24, 2.45) is 0 Å². The zero-order valence-electron chi connectivity index (χ0n) is 23.1. The van der Waals surface area contributed by atoms with Crippen molar-refractivity contribution in [1.82, 2.24) is 10.2 Å². The Morgan fingerprint density at radius 1 is 1.22 bits per heavy atom. The number of ether oxygens (including phenoxy) is 1. The molecule has 0 aliphatic carbocycles. The summed E-state index contributed by atoms with van der Waals surface area (Å²) in [4.78, 5) is 39.3. The third-order valence-electron chi connectivity index (χ3n) is 5.44. The Balaban J connectivity index is 1.80. The monoisotopic (exact) mass is 443 g/mol. The van der Waals surface area contributed by atoms with Gasteiger partial charge in [-0.1, -0.05) is 54.5 Å². The molecule has 0 unspecified atom stereocenters. The molecule has 170 valence electrons. The highest BCUT2D eigenvalue weighted by Gasteiger charge is 2.37. The second-order valence-electron chi connectivity index (χ2n) is 7.63. The fourth-order valence-electron chi connectivity index (χ4n) is 3.80. The van der Waals surface area contributed by atoms with Crippen molar-refractivity contribution in [2.45, 2.75) is 57.8 Å². The Labute approximate surface area is 195 Å². The number of hydrogen-bond acceptors (Lipinski definition) is 5. The van der Waals surface area contributed by atoms with Gasteiger partial charge in [0.25, 0.3) is 0 Å². The van der Waals surface area contributed by atoms with Crippen LogP contribution < -0.4 is 5.32 Å². The molecule has 0 bridgehead atoms. The summed E-state index contributed by atoms with van der Waals surface area (Å²) < 4.78 is 44.8. The number of carbonyl (C=O) groups excluding carboxylic acids is 2. The van der Waals surface area contributed by atoms with Crippen LogP contribution in [0.1, 0.15) is 43.8 Å². The summed E-state index contributed by atoms with van der Waals surface area (Å²) in [5, 5.41) is 12.7. The Bertz CT molecular complexity index is 1180. The van der Waals surface area contributed by atoms with Gasteiger partial charge in [0.05, 0.1) is 19.5 Å². The Hall–Kier alpha value is -3.19. The van der Waals surface area contributed by atoms with E-state index >= 15 is 0 Å². The van der Waals surface area contributed by atoms with Crippen LogP contribution in [0.2, 0.25) is 0 Å². The molecule has 0 radical (unpaired) electrons. The minimum atomic E-state index is -1.13. The summed E-state index contributed by atoms with van der Waals surface area (Å²) in [5.41, 5.74) is 1.77. The molecule has 0 fully saturated rings. The van der Waals surface area contributed by atoms with E-state index in [2.05, 4.69) is 5.32 Å². The smallest absolute Gasteiger partial charge is 0.326 e. The lowest BCUT2D eigenvalue weighted by atomic mass is 9.93. The van der Waals surface area contributed by atoms with Crippen molar-refractivity contribution >= 4 is 17.8 Å². The highest BCUT2D eigenvalue weighted by Crippen LogP contribution is 2.24. The van der Waals surface area contributed by atoms with Crippen LogP contribution >= 0.6 is 0 Å². The number of nitrogens with zero attached hydrogens (tertiary/aromatic N) is 1. The molecular formula is C25H30N2O5. The molecule has 3 atom stereocenters. The number of nitrogens with one attached hydrogen (secondary N) is 1. The van der Waals surface area contributed by atoms with E-state index in [-0.39, 0.29) is 50.1 Å². The lowest BCUT2D eigenvalue weighted by molar-refractivity contribution is -0.153. The number of carboxylic acids is 1. The van der Waals surface area contributed by atoms with E-state index in [9.17, 15) is 19.5 Å². The van der Waals surface area contributed by atoms with Gasteiger partial charge in [0.2, 0.25) is 5.91 Å². The summed E-state index contributed by atoms with van der Waals surface area (Å²) >= 11 is 0. The summed E-state index contributed by atoms with van der Waals surface area (Å²) in [6.07, 6.45) is 0.123. The summed E-state index contributed by atoms with van der Waals surface area (Å²) in [7, 11) is 0. The maximum absolute atomic E-state index is 13.4. The van der Waals surface area contributed by atoms with Gasteiger partial charge in [0, 0.05) is 13.0 Å². The quantitative estimate of drug-likeness (QED) is 0.579. The Morgan fingerprint density at radius 3 is 2.56 bits per heavy atom. The highest BCUT2D eigenvalue weighted by molar-refractivity contribution is 5.88. The van der Waals surface area contributed by atoms with Crippen molar-refractivity contribution in [2.75, 3.05) is 6.61 Å². The average Bonchev–Trinajstić information content (AvgIpc) is 2.88. The molecule has 1 amide bonds. The molecule has 32 heavy (non-hydrogen) atoms. The third-order valence-corrected chi connectivity index (χ3v) is 5.44. The van der Waals surface area contributed by atoms with E-state index in [1.807, 2.05) is 24.3 Å². The van der Waals surface area contributed by atoms with Crippen LogP contribution in [-0.2, 0) is 38.5 Å². The van der Waals surface area contributed by atoms with Crippen LogP contribution in [0.4, 0.5) is 0 Å². The fraction of sp³-hybridized carbons (Fsp3) is 0.400.